The van der Waals surface area contributed by atoms with Crippen molar-refractivity contribution in [1.82, 2.24) is 20.4 Å². The lowest BCUT2D eigenvalue weighted by Crippen LogP contribution is -2.52. The zero-order valence-corrected chi connectivity index (χ0v) is 22.1. The largest absolute Gasteiger partial charge is 0.466 e. The molecule has 12 heteroatoms. The van der Waals surface area contributed by atoms with Gasteiger partial charge in [-0.2, -0.15) is 0 Å². The van der Waals surface area contributed by atoms with Gasteiger partial charge in [0.15, 0.2) is 22.3 Å². The lowest BCUT2D eigenvalue weighted by Gasteiger charge is -2.39. The molecule has 196 valence electrons. The number of fused-ring (bicyclic) bond motifs is 8. The van der Waals surface area contributed by atoms with Gasteiger partial charge in [0.05, 0.1) is 49.6 Å². The van der Waals surface area contributed by atoms with Gasteiger partial charge in [-0.05, 0) is 18.6 Å². The van der Waals surface area contributed by atoms with Gasteiger partial charge in [0.25, 0.3) is 0 Å². The molecule has 0 saturated carbocycles. The average molecular weight is 556 g/mol. The number of ether oxygens (including phenoxy) is 2. The van der Waals surface area contributed by atoms with E-state index in [-0.39, 0.29) is 19.2 Å². The Kier molecular flexibility index (Phi) is 5.49. The molecule has 1 N–H and O–H groups in total. The van der Waals surface area contributed by atoms with Crippen molar-refractivity contribution in [3.05, 3.63) is 79.7 Å². The van der Waals surface area contributed by atoms with E-state index in [1.54, 1.807) is 6.20 Å². The molecule has 0 radical (unpaired) electrons. The van der Waals surface area contributed by atoms with E-state index in [2.05, 4.69) is 20.4 Å². The Bertz CT molecular complexity index is 1510. The summed E-state index contributed by atoms with van der Waals surface area (Å²) in [6.07, 6.45) is 3.16. The van der Waals surface area contributed by atoms with Gasteiger partial charge in [-0.3, -0.25) is 9.89 Å². The molecule has 2 fully saturated rings. The topological polar surface area (TPSA) is 102 Å². The number of benzene rings is 1. The zero-order chi connectivity index (χ0) is 26.2. The first-order valence-electron chi connectivity index (χ1n) is 12.2. The summed E-state index contributed by atoms with van der Waals surface area (Å²) in [5.74, 6) is 0.0703. The maximum Gasteiger partial charge on any atom is 0.338 e. The number of aryl methyl sites for hydroxylation is 1. The van der Waals surface area contributed by atoms with Gasteiger partial charge in [-0.1, -0.05) is 28.9 Å². The molecule has 3 aliphatic heterocycles. The minimum atomic E-state index is -1.62. The minimum Gasteiger partial charge on any atom is -0.466 e. The molecule has 3 aromatic rings. The van der Waals surface area contributed by atoms with Crippen LogP contribution in [0.4, 0.5) is 4.39 Å². The van der Waals surface area contributed by atoms with Gasteiger partial charge in [0.1, 0.15) is 6.04 Å². The molecule has 1 aromatic carbocycles. The van der Waals surface area contributed by atoms with Gasteiger partial charge < -0.3 is 19.3 Å². The standard InChI is InChI=1S/C26H23ClFN5O4S/c1-12-3-4-13(15(27)7-12)21-19(25(34)35-2)16(31-23(32-21)24-29-5-6-38-24)9-33-17-10-36-11-18(33)26(28)14-8-30-37-22(14)20(17)26/h3-8,17-18,20-21H,9-11H2,1-2H3,(H,31,32). The Morgan fingerprint density at radius 3 is 3.03 bits per heavy atom. The highest BCUT2D eigenvalue weighted by Gasteiger charge is 2.72. The highest BCUT2D eigenvalue weighted by atomic mass is 35.5. The third kappa shape index (κ3) is 3.28. The minimum absolute atomic E-state index is 0.218. The van der Waals surface area contributed by atoms with Crippen molar-refractivity contribution in [1.29, 1.82) is 0 Å². The Labute approximate surface area is 226 Å². The molecular formula is C26H23ClFN5O4S. The van der Waals surface area contributed by atoms with Crippen LogP contribution in [0.3, 0.4) is 0 Å². The molecule has 1 aliphatic carbocycles. The molecule has 2 aromatic heterocycles. The van der Waals surface area contributed by atoms with Crippen LogP contribution in [-0.2, 0) is 19.9 Å². The second-order valence-corrected chi connectivity index (χ2v) is 11.2. The number of halogens is 2. The number of alkyl halides is 1. The summed E-state index contributed by atoms with van der Waals surface area (Å²) in [4.78, 5) is 24.7. The molecule has 0 spiro atoms. The lowest BCUT2D eigenvalue weighted by molar-refractivity contribution is -0.136. The predicted molar refractivity (Wildman–Crippen MR) is 137 cm³/mol. The average Bonchev–Trinajstić information content (AvgIpc) is 3.61. The van der Waals surface area contributed by atoms with Gasteiger partial charge in [0.2, 0.25) is 0 Å². The maximum atomic E-state index is 16.5. The summed E-state index contributed by atoms with van der Waals surface area (Å²) >= 11 is 8.10. The number of methoxy groups -OCH3 is 1. The summed E-state index contributed by atoms with van der Waals surface area (Å²) in [6.45, 7) is 2.75. The highest BCUT2D eigenvalue weighted by Crippen LogP contribution is 2.64. The van der Waals surface area contributed by atoms with Gasteiger partial charge in [-0.25, -0.2) is 14.2 Å². The lowest BCUT2D eigenvalue weighted by atomic mass is 9.67. The SMILES string of the molecule is COC(=O)C1=C(CN2C3COCC2C2(F)c4cnoc4C32)NC(c2nccs2)=NC1c1ccc(C)cc1Cl. The summed E-state index contributed by atoms with van der Waals surface area (Å²) in [5.41, 5.74) is 1.41. The van der Waals surface area contributed by atoms with Crippen molar-refractivity contribution in [3.63, 3.8) is 0 Å². The number of esters is 1. The number of aromatic nitrogens is 2. The number of amidine groups is 1. The fraction of sp³-hybridized carbons (Fsp3) is 0.385. The van der Waals surface area contributed by atoms with Gasteiger partial charge in [0, 0.05) is 40.4 Å². The second kappa shape index (κ2) is 8.70. The third-order valence-corrected chi connectivity index (χ3v) is 9.07. The van der Waals surface area contributed by atoms with E-state index >= 15 is 4.39 Å². The summed E-state index contributed by atoms with van der Waals surface area (Å²) in [5, 5.41) is 10.2. The number of nitrogens with zero attached hydrogens (tertiary/aromatic N) is 4. The van der Waals surface area contributed by atoms with Crippen LogP contribution >= 0.6 is 22.9 Å². The van der Waals surface area contributed by atoms with Gasteiger partial charge >= 0.3 is 5.97 Å². The number of thiazole rings is 1. The van der Waals surface area contributed by atoms with Gasteiger partial charge in [-0.15, -0.1) is 11.3 Å². The van der Waals surface area contributed by atoms with Crippen molar-refractivity contribution in [2.24, 2.45) is 4.99 Å². The van der Waals surface area contributed by atoms with Crippen molar-refractivity contribution in [2.75, 3.05) is 26.9 Å². The molecule has 2 saturated heterocycles. The monoisotopic (exact) mass is 555 g/mol. The van der Waals surface area contributed by atoms with Crippen LogP contribution in [0.5, 0.6) is 0 Å². The number of hydrogen-bond donors (Lipinski definition) is 1. The Morgan fingerprint density at radius 2 is 2.26 bits per heavy atom. The van der Waals surface area contributed by atoms with Crippen LogP contribution in [0.25, 0.3) is 0 Å². The van der Waals surface area contributed by atoms with Crippen LogP contribution in [0.2, 0.25) is 5.02 Å². The Balaban J connectivity index is 1.34. The molecule has 9 nitrogen and oxygen atoms in total. The Morgan fingerprint density at radius 1 is 1.39 bits per heavy atom. The van der Waals surface area contributed by atoms with Crippen molar-refractivity contribution in [3.8, 4) is 0 Å². The van der Waals surface area contributed by atoms with E-state index in [4.69, 9.17) is 30.6 Å². The summed E-state index contributed by atoms with van der Waals surface area (Å²) in [6, 6.07) is 4.06. The number of carbonyl (C=O) groups is 1. The molecule has 4 aliphatic rings. The van der Waals surface area contributed by atoms with E-state index in [1.165, 1.54) is 24.6 Å². The summed E-state index contributed by atoms with van der Waals surface area (Å²) < 4.78 is 33.0. The van der Waals surface area contributed by atoms with E-state index in [0.29, 0.717) is 50.6 Å². The predicted octanol–water partition coefficient (Wildman–Crippen LogP) is 3.66. The molecular weight excluding hydrogens is 533 g/mol. The van der Waals surface area contributed by atoms with E-state index in [9.17, 15) is 4.79 Å². The molecule has 7 rings (SSSR count). The Hall–Kier alpha value is -3.12. The fourth-order valence-electron chi connectivity index (χ4n) is 6.26. The first-order valence-corrected chi connectivity index (χ1v) is 13.5. The van der Waals surface area contributed by atoms with E-state index < -0.39 is 29.6 Å². The zero-order valence-electron chi connectivity index (χ0n) is 20.5. The smallest absolute Gasteiger partial charge is 0.338 e. The third-order valence-electron chi connectivity index (χ3n) is 7.96. The summed E-state index contributed by atoms with van der Waals surface area (Å²) in [7, 11) is 1.33. The molecule has 38 heavy (non-hydrogen) atoms. The number of hydrogen-bond acceptors (Lipinski definition) is 10. The molecule has 2 bridgehead atoms. The van der Waals surface area contributed by atoms with Crippen LogP contribution in [-0.4, -0.2) is 65.8 Å². The number of carbonyl (C=O) groups excluding carboxylic acids is 1. The fourth-order valence-corrected chi connectivity index (χ4v) is 7.19. The van der Waals surface area contributed by atoms with Crippen molar-refractivity contribution in [2.45, 2.75) is 36.6 Å². The number of aliphatic imine (C=N–C) groups is 1. The van der Waals surface area contributed by atoms with Crippen LogP contribution in [0.15, 0.2) is 56.8 Å². The molecule has 5 atom stereocenters. The normalized spacial score (nSPS) is 29.7. The van der Waals surface area contributed by atoms with Crippen molar-refractivity contribution < 1.29 is 23.2 Å². The van der Waals surface area contributed by atoms with Crippen LogP contribution < -0.4 is 5.32 Å². The van der Waals surface area contributed by atoms with E-state index in [1.807, 2.05) is 30.5 Å². The number of morpholine rings is 1. The van der Waals surface area contributed by atoms with E-state index in [0.717, 1.165) is 5.56 Å². The number of nitrogens with one attached hydrogen (secondary N) is 1. The molecule has 5 heterocycles. The van der Waals surface area contributed by atoms with Crippen LogP contribution in [0.1, 0.15) is 39.4 Å². The quantitative estimate of drug-likeness (QED) is 0.476. The first kappa shape index (κ1) is 24.0. The maximum absolute atomic E-state index is 16.5. The molecule has 5 unspecified atom stereocenters. The van der Waals surface area contributed by atoms with Crippen molar-refractivity contribution >= 4 is 34.7 Å². The second-order valence-electron chi connectivity index (χ2n) is 9.89. The number of rotatable bonds is 5. The highest BCUT2D eigenvalue weighted by molar-refractivity contribution is 7.11. The molecule has 0 amide bonds. The van der Waals surface area contributed by atoms with Crippen LogP contribution in [0, 0.1) is 6.92 Å². The first-order chi connectivity index (χ1) is 18.4.